The third-order valence-corrected chi connectivity index (χ3v) is 3.92. The molecule has 2 nitrogen and oxygen atoms in total. The van der Waals surface area contributed by atoms with Crippen molar-refractivity contribution >= 4 is 17.0 Å². The molecule has 1 aromatic heterocycles. The number of fused-ring (bicyclic) bond motifs is 3. The Morgan fingerprint density at radius 2 is 2.19 bits per heavy atom. The van der Waals surface area contributed by atoms with Gasteiger partial charge in [-0.3, -0.25) is 0 Å². The van der Waals surface area contributed by atoms with E-state index >= 15 is 0 Å². The van der Waals surface area contributed by atoms with Crippen molar-refractivity contribution in [1.29, 1.82) is 0 Å². The lowest BCUT2D eigenvalue weighted by atomic mass is 10.0. The van der Waals surface area contributed by atoms with Gasteiger partial charge in [-0.1, -0.05) is 6.07 Å². The number of anilines is 1. The molecule has 0 atom stereocenters. The Balaban J connectivity index is 2.31. The van der Waals surface area contributed by atoms with E-state index in [1.54, 1.807) is 11.3 Å². The van der Waals surface area contributed by atoms with Crippen LogP contribution in [0.4, 0.5) is 5.69 Å². The van der Waals surface area contributed by atoms with Gasteiger partial charge in [0.25, 0.3) is 0 Å². The van der Waals surface area contributed by atoms with E-state index in [1.807, 2.05) is 5.51 Å². The Bertz CT molecular complexity index is 543. The minimum atomic E-state index is 1.01. The average Bonchev–Trinajstić information content (AvgIpc) is 2.59. The van der Waals surface area contributed by atoms with Crippen LogP contribution < -0.4 is 5.32 Å². The lowest BCUT2D eigenvalue weighted by molar-refractivity contribution is 1.06. The zero-order valence-corrected chi connectivity index (χ0v) is 10.3. The van der Waals surface area contributed by atoms with Crippen molar-refractivity contribution in [2.75, 3.05) is 11.9 Å². The summed E-state index contributed by atoms with van der Waals surface area (Å²) in [6.45, 7) is 5.31. The Morgan fingerprint density at radius 3 is 3.06 bits per heavy atom. The molecule has 3 heteroatoms. The lowest BCUT2D eigenvalue weighted by Crippen LogP contribution is -2.02. The molecule has 1 aliphatic heterocycles. The van der Waals surface area contributed by atoms with Crippen LogP contribution in [0.5, 0.6) is 0 Å². The number of aryl methyl sites for hydroxylation is 2. The summed E-state index contributed by atoms with van der Waals surface area (Å²) in [7, 11) is 0. The highest BCUT2D eigenvalue weighted by molar-refractivity contribution is 7.10. The quantitative estimate of drug-likeness (QED) is 0.750. The van der Waals surface area contributed by atoms with Gasteiger partial charge in [-0.2, -0.15) is 0 Å². The second-order valence-electron chi connectivity index (χ2n) is 4.31. The topological polar surface area (TPSA) is 24.9 Å². The van der Waals surface area contributed by atoms with Crippen molar-refractivity contribution < 1.29 is 0 Å². The second kappa shape index (κ2) is 3.59. The number of benzene rings is 1. The molecule has 0 unspecified atom stereocenters. The van der Waals surface area contributed by atoms with E-state index in [9.17, 15) is 0 Å². The van der Waals surface area contributed by atoms with E-state index in [4.69, 9.17) is 0 Å². The monoisotopic (exact) mass is 230 g/mol. The molecule has 2 aromatic rings. The molecule has 0 bridgehead atoms. The van der Waals surface area contributed by atoms with E-state index in [0.717, 1.165) is 13.0 Å². The Kier molecular flexibility index (Phi) is 2.21. The van der Waals surface area contributed by atoms with E-state index in [-0.39, 0.29) is 0 Å². The van der Waals surface area contributed by atoms with Crippen LogP contribution >= 0.6 is 11.3 Å². The van der Waals surface area contributed by atoms with Gasteiger partial charge in [0.15, 0.2) is 0 Å². The maximum atomic E-state index is 4.53. The summed E-state index contributed by atoms with van der Waals surface area (Å²) >= 11 is 1.76. The minimum absolute atomic E-state index is 1.01. The van der Waals surface area contributed by atoms with Crippen LogP contribution in [0, 0.1) is 13.8 Å². The molecule has 1 aliphatic rings. The van der Waals surface area contributed by atoms with Crippen molar-refractivity contribution in [3.8, 4) is 11.3 Å². The number of rotatable bonds is 0. The summed E-state index contributed by atoms with van der Waals surface area (Å²) in [5, 5.41) is 3.51. The van der Waals surface area contributed by atoms with Crippen LogP contribution in [-0.2, 0) is 6.42 Å². The van der Waals surface area contributed by atoms with Gasteiger partial charge in [0, 0.05) is 29.1 Å². The van der Waals surface area contributed by atoms with E-state index in [1.165, 1.54) is 32.9 Å². The van der Waals surface area contributed by atoms with Gasteiger partial charge in [0.1, 0.15) is 0 Å². The van der Waals surface area contributed by atoms with Crippen LogP contribution in [0.2, 0.25) is 0 Å². The largest absolute Gasteiger partial charge is 0.384 e. The molecule has 0 saturated carbocycles. The fraction of sp³-hybridized carbons (Fsp3) is 0.308. The zero-order chi connectivity index (χ0) is 11.1. The van der Waals surface area contributed by atoms with E-state index < -0.39 is 0 Å². The first kappa shape index (κ1) is 9.85. The summed E-state index contributed by atoms with van der Waals surface area (Å²) < 4.78 is 0. The van der Waals surface area contributed by atoms with Gasteiger partial charge in [0.05, 0.1) is 11.2 Å². The molecule has 0 radical (unpaired) electrons. The summed E-state index contributed by atoms with van der Waals surface area (Å²) in [6.07, 6.45) is 1.08. The van der Waals surface area contributed by atoms with Crippen LogP contribution in [0.15, 0.2) is 17.6 Å². The molecule has 1 N–H and O–H groups in total. The molecule has 0 amide bonds. The summed E-state index contributed by atoms with van der Waals surface area (Å²) in [4.78, 5) is 5.93. The maximum absolute atomic E-state index is 4.53. The van der Waals surface area contributed by atoms with Gasteiger partial charge < -0.3 is 5.32 Å². The maximum Gasteiger partial charge on any atom is 0.0867 e. The van der Waals surface area contributed by atoms with Crippen molar-refractivity contribution in [2.45, 2.75) is 20.3 Å². The fourth-order valence-corrected chi connectivity index (χ4v) is 3.16. The smallest absolute Gasteiger partial charge is 0.0867 e. The molecule has 16 heavy (non-hydrogen) atoms. The molecular formula is C13H14N2S. The van der Waals surface area contributed by atoms with Crippen LogP contribution in [-0.4, -0.2) is 11.5 Å². The molecule has 82 valence electrons. The van der Waals surface area contributed by atoms with Crippen molar-refractivity contribution in [3.05, 3.63) is 33.6 Å². The number of hydrogen-bond acceptors (Lipinski definition) is 3. The van der Waals surface area contributed by atoms with Gasteiger partial charge in [-0.25, -0.2) is 4.98 Å². The van der Waals surface area contributed by atoms with Crippen LogP contribution in [0.3, 0.4) is 0 Å². The van der Waals surface area contributed by atoms with Crippen LogP contribution in [0.25, 0.3) is 11.3 Å². The van der Waals surface area contributed by atoms with Crippen molar-refractivity contribution in [3.63, 3.8) is 0 Å². The first-order valence-electron chi connectivity index (χ1n) is 5.53. The highest BCUT2D eigenvalue weighted by Crippen LogP contribution is 2.37. The molecule has 0 aliphatic carbocycles. The van der Waals surface area contributed by atoms with Crippen molar-refractivity contribution in [2.24, 2.45) is 0 Å². The molecule has 1 aromatic carbocycles. The fourth-order valence-electron chi connectivity index (χ4n) is 2.38. The second-order valence-corrected chi connectivity index (χ2v) is 5.24. The average molecular weight is 230 g/mol. The molecule has 0 saturated heterocycles. The number of nitrogens with one attached hydrogen (secondary N) is 1. The number of nitrogens with zero attached hydrogens (tertiary/aromatic N) is 1. The number of aromatic nitrogens is 1. The SMILES string of the molecule is Cc1cc(C)c2c(c1)NCCc1scnc1-2. The normalized spacial score (nSPS) is 13.6. The standard InChI is InChI=1S/C13H14N2S/c1-8-5-9(2)12-10(6-8)14-4-3-11-13(12)15-7-16-11/h5-7,14H,3-4H2,1-2H3. The van der Waals surface area contributed by atoms with E-state index in [2.05, 4.69) is 36.3 Å². The zero-order valence-electron chi connectivity index (χ0n) is 9.50. The van der Waals surface area contributed by atoms with E-state index in [0.29, 0.717) is 0 Å². The van der Waals surface area contributed by atoms with Crippen LogP contribution in [0.1, 0.15) is 16.0 Å². The van der Waals surface area contributed by atoms with Gasteiger partial charge >= 0.3 is 0 Å². The molecule has 0 spiro atoms. The highest BCUT2D eigenvalue weighted by atomic mass is 32.1. The Labute approximate surface area is 99.4 Å². The molecular weight excluding hydrogens is 216 g/mol. The summed E-state index contributed by atoms with van der Waals surface area (Å²) in [5.74, 6) is 0. The van der Waals surface area contributed by atoms with Crippen molar-refractivity contribution in [1.82, 2.24) is 4.98 Å². The molecule has 2 heterocycles. The number of hydrogen-bond donors (Lipinski definition) is 1. The first-order chi connectivity index (χ1) is 7.75. The predicted molar refractivity (Wildman–Crippen MR) is 69.2 cm³/mol. The van der Waals surface area contributed by atoms with Gasteiger partial charge in [-0.05, 0) is 31.0 Å². The highest BCUT2D eigenvalue weighted by Gasteiger charge is 2.18. The van der Waals surface area contributed by atoms with Gasteiger partial charge in [0.2, 0.25) is 0 Å². The summed E-state index contributed by atoms with van der Waals surface area (Å²) in [6, 6.07) is 4.45. The number of thiazole rings is 1. The first-order valence-corrected chi connectivity index (χ1v) is 6.41. The van der Waals surface area contributed by atoms with Gasteiger partial charge in [-0.15, -0.1) is 11.3 Å². The third kappa shape index (κ3) is 1.43. The lowest BCUT2D eigenvalue weighted by Gasteiger charge is -2.11. The summed E-state index contributed by atoms with van der Waals surface area (Å²) in [5.41, 5.74) is 8.29. The Morgan fingerprint density at radius 1 is 1.31 bits per heavy atom. The predicted octanol–water partition coefficient (Wildman–Crippen LogP) is 3.39. The Hall–Kier alpha value is -1.35. The minimum Gasteiger partial charge on any atom is -0.384 e. The molecule has 0 fully saturated rings. The third-order valence-electron chi connectivity index (χ3n) is 3.03. The molecule has 3 rings (SSSR count).